The van der Waals surface area contributed by atoms with E-state index in [0.29, 0.717) is 6.61 Å². The molecule has 0 aliphatic heterocycles. The van der Waals surface area contributed by atoms with Gasteiger partial charge in [-0.05, 0) is 12.8 Å². The van der Waals surface area contributed by atoms with Gasteiger partial charge >= 0.3 is 35.5 Å². The molecule has 0 unspecified atom stereocenters. The van der Waals surface area contributed by atoms with Gasteiger partial charge in [0.05, 0.1) is 13.0 Å². The van der Waals surface area contributed by atoms with Crippen molar-refractivity contribution in [3.05, 3.63) is 0 Å². The Morgan fingerprint density at radius 3 is 1.48 bits per heavy atom. The number of carboxylic acids is 1. The third-order valence-corrected chi connectivity index (χ3v) is 4.29. The summed E-state index contributed by atoms with van der Waals surface area (Å²) in [4.78, 5) is 21.4. The maximum atomic E-state index is 11.2. The van der Waals surface area contributed by atoms with E-state index in [1.807, 2.05) is 0 Å². The van der Waals surface area contributed by atoms with E-state index >= 15 is 0 Å². The van der Waals surface area contributed by atoms with Crippen molar-refractivity contribution in [2.45, 2.75) is 110 Å². The van der Waals surface area contributed by atoms with Crippen LogP contribution in [0.3, 0.4) is 0 Å². The molecule has 0 spiro atoms. The number of esters is 1. The molecule has 4 nitrogen and oxygen atoms in total. The zero-order valence-corrected chi connectivity index (χ0v) is 18.7. The molecule has 0 saturated heterocycles. The molecule has 25 heavy (non-hydrogen) atoms. The summed E-state index contributed by atoms with van der Waals surface area (Å²) in [6.07, 6.45) is 17.8. The first kappa shape index (κ1) is 27.2. The summed E-state index contributed by atoms with van der Waals surface area (Å²) >= 11 is 0. The van der Waals surface area contributed by atoms with E-state index < -0.39 is 11.9 Å². The smallest absolute Gasteiger partial charge is 0.550 e. The average molecular weight is 365 g/mol. The number of hydrogen-bond donors (Lipinski definition) is 0. The van der Waals surface area contributed by atoms with E-state index in [9.17, 15) is 14.7 Å². The van der Waals surface area contributed by atoms with Gasteiger partial charge in [0, 0.05) is 5.97 Å². The maximum Gasteiger partial charge on any atom is 1.00 e. The van der Waals surface area contributed by atoms with E-state index in [-0.39, 0.29) is 42.4 Å². The molecule has 0 aromatic rings. The number of carbonyl (C=O) groups excluding carboxylic acids is 2. The number of aliphatic carboxylic acids is 1. The topological polar surface area (TPSA) is 66.4 Å². The van der Waals surface area contributed by atoms with E-state index in [2.05, 4.69) is 6.92 Å². The second-order valence-electron chi connectivity index (χ2n) is 6.69. The number of carboxylic acid groups (broad SMARTS) is 1. The third kappa shape index (κ3) is 23.9. The molecule has 0 bridgehead atoms. The fourth-order valence-electron chi connectivity index (χ4n) is 2.76. The molecule has 0 aliphatic carbocycles. The number of ether oxygens (including phenoxy) is 1. The first-order valence-electron chi connectivity index (χ1n) is 10.0. The van der Waals surface area contributed by atoms with Crippen LogP contribution in [0.2, 0.25) is 0 Å². The Hall–Kier alpha value is -0.0600. The van der Waals surface area contributed by atoms with Crippen molar-refractivity contribution in [2.75, 3.05) is 6.61 Å². The standard InChI is InChI=1S/C20H38O4.Na/c1-2-3-4-5-6-7-8-9-10-11-12-13-14-15-18-24-20(23)17-16-19(21)22;/h2-18H2,1H3,(H,21,22);/q;+1/p-1. The molecule has 0 heterocycles. The summed E-state index contributed by atoms with van der Waals surface area (Å²) in [7, 11) is 0. The van der Waals surface area contributed by atoms with Crippen LogP contribution >= 0.6 is 0 Å². The second kappa shape index (κ2) is 22.0. The monoisotopic (exact) mass is 364 g/mol. The molecule has 0 aromatic carbocycles. The fourth-order valence-corrected chi connectivity index (χ4v) is 2.76. The maximum absolute atomic E-state index is 11.2. The molecule has 0 fully saturated rings. The van der Waals surface area contributed by atoms with Crippen LogP contribution < -0.4 is 34.7 Å². The van der Waals surface area contributed by atoms with Gasteiger partial charge in [-0.25, -0.2) is 0 Å². The van der Waals surface area contributed by atoms with Crippen LogP contribution in [0, 0.1) is 0 Å². The van der Waals surface area contributed by atoms with Crippen LogP contribution in [0.5, 0.6) is 0 Å². The zero-order chi connectivity index (χ0) is 17.9. The Labute approximate surface area is 176 Å². The molecule has 0 radical (unpaired) electrons. The normalized spacial score (nSPS) is 10.3. The van der Waals surface area contributed by atoms with Gasteiger partial charge in [0.15, 0.2) is 0 Å². The summed E-state index contributed by atoms with van der Waals surface area (Å²) in [6, 6.07) is 0. The quantitative estimate of drug-likeness (QED) is 0.210. The Bertz CT molecular complexity index is 308. The van der Waals surface area contributed by atoms with Gasteiger partial charge in [-0.3, -0.25) is 4.79 Å². The van der Waals surface area contributed by atoms with Crippen LogP contribution in [0.15, 0.2) is 0 Å². The van der Waals surface area contributed by atoms with Crippen molar-refractivity contribution >= 4 is 11.9 Å². The van der Waals surface area contributed by atoms with E-state index in [4.69, 9.17) is 4.74 Å². The zero-order valence-electron chi connectivity index (χ0n) is 16.7. The van der Waals surface area contributed by atoms with Crippen molar-refractivity contribution in [1.29, 1.82) is 0 Å². The van der Waals surface area contributed by atoms with E-state index in [1.165, 1.54) is 77.0 Å². The molecular formula is C20H37NaO4. The molecular weight excluding hydrogens is 327 g/mol. The van der Waals surface area contributed by atoms with E-state index in [1.54, 1.807) is 0 Å². The number of hydrogen-bond acceptors (Lipinski definition) is 4. The molecule has 142 valence electrons. The van der Waals surface area contributed by atoms with Gasteiger partial charge in [0.2, 0.25) is 0 Å². The van der Waals surface area contributed by atoms with Crippen molar-refractivity contribution in [1.82, 2.24) is 0 Å². The minimum atomic E-state index is -1.21. The van der Waals surface area contributed by atoms with E-state index in [0.717, 1.165) is 12.8 Å². The molecule has 0 amide bonds. The van der Waals surface area contributed by atoms with Crippen molar-refractivity contribution in [3.8, 4) is 0 Å². The Kier molecular flexibility index (Phi) is 23.9. The van der Waals surface area contributed by atoms with Gasteiger partial charge in [-0.15, -0.1) is 0 Å². The van der Waals surface area contributed by atoms with Gasteiger partial charge in [0.1, 0.15) is 0 Å². The molecule has 0 saturated carbocycles. The van der Waals surface area contributed by atoms with Gasteiger partial charge in [-0.1, -0.05) is 90.4 Å². The SMILES string of the molecule is CCCCCCCCCCCCCCCCOC(=O)CCC(=O)[O-].[Na+]. The molecule has 0 atom stereocenters. The predicted molar refractivity (Wildman–Crippen MR) is 95.5 cm³/mol. The van der Waals surface area contributed by atoms with Crippen LogP contribution in [0.25, 0.3) is 0 Å². The summed E-state index contributed by atoms with van der Waals surface area (Å²) in [6.45, 7) is 2.66. The number of unbranched alkanes of at least 4 members (excludes halogenated alkanes) is 13. The van der Waals surface area contributed by atoms with Crippen molar-refractivity contribution < 1.29 is 49.0 Å². The average Bonchev–Trinajstić information content (AvgIpc) is 2.56. The largest absolute Gasteiger partial charge is 1.00 e. The molecule has 0 aromatic heterocycles. The van der Waals surface area contributed by atoms with Crippen LogP contribution in [-0.2, 0) is 14.3 Å². The second-order valence-corrected chi connectivity index (χ2v) is 6.69. The fraction of sp³-hybridized carbons (Fsp3) is 0.900. The Morgan fingerprint density at radius 1 is 0.680 bits per heavy atom. The summed E-state index contributed by atoms with van der Waals surface area (Å²) in [5.41, 5.74) is 0. The molecule has 0 aliphatic rings. The number of carbonyl (C=O) groups is 2. The minimum absolute atomic E-state index is 0. The molecule has 5 heteroatoms. The van der Waals surface area contributed by atoms with Crippen molar-refractivity contribution in [3.63, 3.8) is 0 Å². The van der Waals surface area contributed by atoms with Crippen LogP contribution in [-0.4, -0.2) is 18.5 Å². The predicted octanol–water partition coefficient (Wildman–Crippen LogP) is 1.55. The minimum Gasteiger partial charge on any atom is -0.550 e. The Balaban J connectivity index is 0. The first-order valence-corrected chi connectivity index (χ1v) is 10.0. The number of rotatable bonds is 18. The summed E-state index contributed by atoms with van der Waals surface area (Å²) < 4.78 is 4.97. The Morgan fingerprint density at radius 2 is 1.08 bits per heavy atom. The van der Waals surface area contributed by atoms with Gasteiger partial charge in [0.25, 0.3) is 0 Å². The van der Waals surface area contributed by atoms with Crippen LogP contribution in [0.1, 0.15) is 110 Å². The summed E-state index contributed by atoms with van der Waals surface area (Å²) in [5.74, 6) is -1.64. The van der Waals surface area contributed by atoms with Crippen molar-refractivity contribution in [2.24, 2.45) is 0 Å². The summed E-state index contributed by atoms with van der Waals surface area (Å²) in [5, 5.41) is 10.2. The third-order valence-electron chi connectivity index (χ3n) is 4.29. The molecule has 0 N–H and O–H groups in total. The van der Waals surface area contributed by atoms with Gasteiger partial charge < -0.3 is 14.6 Å². The molecule has 0 rings (SSSR count). The van der Waals surface area contributed by atoms with Crippen LogP contribution in [0.4, 0.5) is 0 Å². The van der Waals surface area contributed by atoms with Gasteiger partial charge in [-0.2, -0.15) is 0 Å². The first-order chi connectivity index (χ1) is 11.7.